The molecule has 2 aromatic rings. The number of piperidine rings is 1. The number of carboxylic acid groups (broad SMARTS) is 1. The van der Waals surface area contributed by atoms with Gasteiger partial charge in [-0.05, 0) is 49.7 Å². The van der Waals surface area contributed by atoms with Crippen LogP contribution in [0.4, 0.5) is 0 Å². The number of hydrogen-bond acceptors (Lipinski definition) is 4. The summed E-state index contributed by atoms with van der Waals surface area (Å²) in [7, 11) is 0. The van der Waals surface area contributed by atoms with Crippen LogP contribution in [-0.2, 0) is 0 Å². The minimum absolute atomic E-state index is 0.0459. The first-order valence-corrected chi connectivity index (χ1v) is 8.00. The minimum atomic E-state index is -1.07. The highest BCUT2D eigenvalue weighted by molar-refractivity contribution is 5.93. The Morgan fingerprint density at radius 3 is 2.83 bits per heavy atom. The van der Waals surface area contributed by atoms with Crippen LogP contribution in [0.25, 0.3) is 11.1 Å². The quantitative estimate of drug-likeness (QED) is 0.884. The molecule has 1 aliphatic heterocycles. The van der Waals surface area contributed by atoms with Crippen molar-refractivity contribution in [3.63, 3.8) is 0 Å². The Kier molecular flexibility index (Phi) is 4.98. The summed E-state index contributed by atoms with van der Waals surface area (Å²) < 4.78 is 10.9. The van der Waals surface area contributed by atoms with Crippen LogP contribution in [0.3, 0.4) is 0 Å². The van der Waals surface area contributed by atoms with Crippen LogP contribution >= 0.6 is 0 Å². The van der Waals surface area contributed by atoms with E-state index in [4.69, 9.17) is 14.3 Å². The Hall–Kier alpha value is -2.27. The molecule has 2 heterocycles. The molecule has 0 unspecified atom stereocenters. The summed E-state index contributed by atoms with van der Waals surface area (Å²) in [6.07, 6.45) is 5.26. The molecule has 0 bridgehead atoms. The van der Waals surface area contributed by atoms with Crippen LogP contribution in [0.15, 0.2) is 41.0 Å². The first-order chi connectivity index (χ1) is 11.2. The van der Waals surface area contributed by atoms with Crippen molar-refractivity contribution in [3.8, 4) is 16.9 Å². The maximum absolute atomic E-state index is 11.2. The van der Waals surface area contributed by atoms with Gasteiger partial charge in [-0.2, -0.15) is 0 Å². The van der Waals surface area contributed by atoms with Crippen LogP contribution in [0.1, 0.15) is 29.8 Å². The van der Waals surface area contributed by atoms with Gasteiger partial charge >= 0.3 is 5.97 Å². The van der Waals surface area contributed by atoms with Gasteiger partial charge < -0.3 is 14.3 Å². The van der Waals surface area contributed by atoms with Crippen LogP contribution in [0.5, 0.6) is 5.75 Å². The van der Waals surface area contributed by atoms with E-state index >= 15 is 0 Å². The van der Waals surface area contributed by atoms with E-state index in [0.717, 1.165) is 30.9 Å². The molecule has 0 amide bonds. The molecule has 23 heavy (non-hydrogen) atoms. The molecule has 5 nitrogen and oxygen atoms in total. The van der Waals surface area contributed by atoms with E-state index in [1.54, 1.807) is 6.07 Å². The molecule has 1 saturated heterocycles. The SMILES string of the molecule is O=C(O)c1occc1-c1cccc(OCCN2CCCCC2)c1. The van der Waals surface area contributed by atoms with Crippen LogP contribution in [-0.4, -0.2) is 42.2 Å². The number of aromatic carboxylic acids is 1. The normalized spacial score (nSPS) is 15.5. The van der Waals surface area contributed by atoms with Crippen molar-refractivity contribution in [1.29, 1.82) is 0 Å². The van der Waals surface area contributed by atoms with Gasteiger partial charge in [-0.15, -0.1) is 0 Å². The van der Waals surface area contributed by atoms with Gasteiger partial charge in [0.05, 0.1) is 6.26 Å². The summed E-state index contributed by atoms with van der Waals surface area (Å²) in [6.45, 7) is 3.87. The zero-order valence-corrected chi connectivity index (χ0v) is 13.0. The molecule has 0 atom stereocenters. The summed E-state index contributed by atoms with van der Waals surface area (Å²) >= 11 is 0. The molecular weight excluding hydrogens is 294 g/mol. The fourth-order valence-corrected chi connectivity index (χ4v) is 2.93. The third-order valence-electron chi connectivity index (χ3n) is 4.13. The number of likely N-dealkylation sites (tertiary alicyclic amines) is 1. The molecule has 1 aromatic carbocycles. The standard InChI is InChI=1S/C18H21NO4/c20-18(21)17-16(7-11-23-17)14-5-4-6-15(13-14)22-12-10-19-8-2-1-3-9-19/h4-7,11,13H,1-3,8-10,12H2,(H,20,21). The molecule has 0 spiro atoms. The molecule has 122 valence electrons. The Bertz CT molecular complexity index is 659. The van der Waals surface area contributed by atoms with E-state index < -0.39 is 5.97 Å². The number of hydrogen-bond donors (Lipinski definition) is 1. The fraction of sp³-hybridized carbons (Fsp3) is 0.389. The van der Waals surface area contributed by atoms with Gasteiger partial charge in [-0.25, -0.2) is 4.79 Å². The van der Waals surface area contributed by atoms with Crippen molar-refractivity contribution in [1.82, 2.24) is 4.90 Å². The van der Waals surface area contributed by atoms with Crippen molar-refractivity contribution < 1.29 is 19.1 Å². The Morgan fingerprint density at radius 1 is 1.22 bits per heavy atom. The molecule has 0 aliphatic carbocycles. The lowest BCUT2D eigenvalue weighted by Crippen LogP contribution is -2.33. The second-order valence-electron chi connectivity index (χ2n) is 5.75. The summed E-state index contributed by atoms with van der Waals surface area (Å²) in [5.41, 5.74) is 1.35. The van der Waals surface area contributed by atoms with E-state index in [1.165, 1.54) is 25.5 Å². The van der Waals surface area contributed by atoms with Gasteiger partial charge in [0.15, 0.2) is 0 Å². The van der Waals surface area contributed by atoms with Gasteiger partial charge in [-0.1, -0.05) is 18.6 Å². The average molecular weight is 315 g/mol. The maximum Gasteiger partial charge on any atom is 0.372 e. The van der Waals surface area contributed by atoms with E-state index in [9.17, 15) is 4.79 Å². The van der Waals surface area contributed by atoms with Crippen LogP contribution in [0, 0.1) is 0 Å². The van der Waals surface area contributed by atoms with Crippen molar-refractivity contribution >= 4 is 5.97 Å². The molecule has 5 heteroatoms. The molecule has 3 rings (SSSR count). The van der Waals surface area contributed by atoms with Gasteiger partial charge in [0.1, 0.15) is 12.4 Å². The van der Waals surface area contributed by atoms with E-state index in [1.807, 2.05) is 24.3 Å². The summed E-state index contributed by atoms with van der Waals surface area (Å²) in [5, 5.41) is 9.14. The molecule has 1 aliphatic rings. The van der Waals surface area contributed by atoms with Gasteiger partial charge in [0.25, 0.3) is 0 Å². The van der Waals surface area contributed by atoms with Crippen molar-refractivity contribution in [2.75, 3.05) is 26.2 Å². The number of furan rings is 1. The molecule has 1 fully saturated rings. The number of carboxylic acids is 1. The summed E-state index contributed by atoms with van der Waals surface area (Å²) in [4.78, 5) is 13.6. The third kappa shape index (κ3) is 3.93. The zero-order valence-electron chi connectivity index (χ0n) is 13.0. The summed E-state index contributed by atoms with van der Waals surface area (Å²) in [6, 6.07) is 9.13. The van der Waals surface area contributed by atoms with Crippen LogP contribution in [0.2, 0.25) is 0 Å². The van der Waals surface area contributed by atoms with Gasteiger partial charge in [0, 0.05) is 12.1 Å². The van der Waals surface area contributed by atoms with Gasteiger partial charge in [0.2, 0.25) is 5.76 Å². The predicted molar refractivity (Wildman–Crippen MR) is 86.9 cm³/mol. The lowest BCUT2D eigenvalue weighted by Gasteiger charge is -2.26. The first-order valence-electron chi connectivity index (χ1n) is 8.00. The second kappa shape index (κ2) is 7.33. The van der Waals surface area contributed by atoms with E-state index in [0.29, 0.717) is 12.2 Å². The molecule has 1 aromatic heterocycles. The van der Waals surface area contributed by atoms with Crippen molar-refractivity contribution in [3.05, 3.63) is 42.4 Å². The lowest BCUT2D eigenvalue weighted by atomic mass is 10.1. The molecule has 0 saturated carbocycles. The predicted octanol–water partition coefficient (Wildman–Crippen LogP) is 3.51. The first kappa shape index (κ1) is 15.6. The van der Waals surface area contributed by atoms with E-state index in [-0.39, 0.29) is 5.76 Å². The zero-order chi connectivity index (χ0) is 16.1. The molecule has 1 N–H and O–H groups in total. The monoisotopic (exact) mass is 315 g/mol. The van der Waals surface area contributed by atoms with E-state index in [2.05, 4.69) is 4.90 Å². The maximum atomic E-state index is 11.2. The van der Waals surface area contributed by atoms with Crippen LogP contribution < -0.4 is 4.74 Å². The topological polar surface area (TPSA) is 62.9 Å². The highest BCUT2D eigenvalue weighted by Crippen LogP contribution is 2.28. The Balaban J connectivity index is 1.63. The average Bonchev–Trinajstić information content (AvgIpc) is 3.06. The second-order valence-corrected chi connectivity index (χ2v) is 5.75. The highest BCUT2D eigenvalue weighted by Gasteiger charge is 2.16. The number of ether oxygens (including phenoxy) is 1. The smallest absolute Gasteiger partial charge is 0.372 e. The van der Waals surface area contributed by atoms with Crippen molar-refractivity contribution in [2.45, 2.75) is 19.3 Å². The molecule has 0 radical (unpaired) electrons. The fourth-order valence-electron chi connectivity index (χ4n) is 2.93. The van der Waals surface area contributed by atoms with Crippen molar-refractivity contribution in [2.24, 2.45) is 0 Å². The summed E-state index contributed by atoms with van der Waals surface area (Å²) in [5.74, 6) is -0.367. The number of nitrogens with zero attached hydrogens (tertiary/aromatic N) is 1. The minimum Gasteiger partial charge on any atom is -0.492 e. The number of benzene rings is 1. The largest absolute Gasteiger partial charge is 0.492 e. The number of rotatable bonds is 6. The Morgan fingerprint density at radius 2 is 2.04 bits per heavy atom. The number of carbonyl (C=O) groups is 1. The highest BCUT2D eigenvalue weighted by atomic mass is 16.5. The van der Waals surface area contributed by atoms with Gasteiger partial charge in [-0.3, -0.25) is 4.90 Å². The molecular formula is C18H21NO4. The lowest BCUT2D eigenvalue weighted by molar-refractivity contribution is 0.0663. The third-order valence-corrected chi connectivity index (χ3v) is 4.13. The Labute approximate surface area is 135 Å².